The van der Waals surface area contributed by atoms with E-state index in [4.69, 9.17) is 5.73 Å². The van der Waals surface area contributed by atoms with Gasteiger partial charge in [0.15, 0.2) is 0 Å². The van der Waals surface area contributed by atoms with Crippen LogP contribution in [-0.4, -0.2) is 11.9 Å². The van der Waals surface area contributed by atoms with Gasteiger partial charge in [-0.1, -0.05) is 12.1 Å². The van der Waals surface area contributed by atoms with Crippen molar-refractivity contribution < 1.29 is 9.18 Å². The Hall–Kier alpha value is -1.88. The average Bonchev–Trinajstić information content (AvgIpc) is 3.16. The number of carbonyl (C=O) groups excluding carboxylic acids is 1. The van der Waals surface area contributed by atoms with Gasteiger partial charge in [0.1, 0.15) is 5.82 Å². The van der Waals surface area contributed by atoms with E-state index in [0.29, 0.717) is 16.6 Å². The summed E-state index contributed by atoms with van der Waals surface area (Å²) in [6.07, 6.45) is 2.08. The highest BCUT2D eigenvalue weighted by Gasteiger charge is 2.27. The van der Waals surface area contributed by atoms with E-state index in [-0.39, 0.29) is 11.7 Å². The Bertz CT molecular complexity index is 659. The molecule has 1 aromatic carbocycles. The molecule has 0 aliphatic heterocycles. The third-order valence-corrected chi connectivity index (χ3v) is 4.59. The quantitative estimate of drug-likeness (QED) is 0.911. The number of thiophene rings is 1. The van der Waals surface area contributed by atoms with Gasteiger partial charge in [-0.15, -0.1) is 11.3 Å². The molecular weight excluding hydrogens is 275 g/mol. The molecule has 0 atom stereocenters. The van der Waals surface area contributed by atoms with Crippen LogP contribution in [0.25, 0.3) is 10.4 Å². The Kier molecular flexibility index (Phi) is 3.22. The highest BCUT2D eigenvalue weighted by Crippen LogP contribution is 2.38. The topological polar surface area (TPSA) is 55.1 Å². The summed E-state index contributed by atoms with van der Waals surface area (Å²) in [6.45, 7) is 1.88. The Labute approximate surface area is 120 Å². The molecule has 3 nitrogen and oxygen atoms in total. The number of nitrogen functional groups attached to an aromatic ring is 1. The first kappa shape index (κ1) is 13.1. The van der Waals surface area contributed by atoms with Gasteiger partial charge in [-0.05, 0) is 43.0 Å². The monoisotopic (exact) mass is 290 g/mol. The molecular formula is C15H15FN2OS. The van der Waals surface area contributed by atoms with Crippen LogP contribution >= 0.6 is 11.3 Å². The Morgan fingerprint density at radius 2 is 2.00 bits per heavy atom. The molecule has 0 spiro atoms. The Balaban J connectivity index is 1.97. The van der Waals surface area contributed by atoms with E-state index in [2.05, 4.69) is 5.32 Å². The molecule has 20 heavy (non-hydrogen) atoms. The lowest BCUT2D eigenvalue weighted by Crippen LogP contribution is -2.26. The van der Waals surface area contributed by atoms with Gasteiger partial charge in [0, 0.05) is 10.9 Å². The first-order chi connectivity index (χ1) is 9.56. The maximum Gasteiger partial charge on any atom is 0.254 e. The van der Waals surface area contributed by atoms with Crippen molar-refractivity contribution in [2.45, 2.75) is 25.8 Å². The predicted octanol–water partition coefficient (Wildman–Crippen LogP) is 3.34. The van der Waals surface area contributed by atoms with Crippen LogP contribution in [0.2, 0.25) is 0 Å². The number of anilines is 1. The molecule has 0 radical (unpaired) electrons. The van der Waals surface area contributed by atoms with Crippen LogP contribution in [0.1, 0.15) is 28.8 Å². The van der Waals surface area contributed by atoms with E-state index in [1.807, 2.05) is 6.92 Å². The van der Waals surface area contributed by atoms with Crippen molar-refractivity contribution in [1.29, 1.82) is 0 Å². The molecule has 0 bridgehead atoms. The first-order valence-corrected chi connectivity index (χ1v) is 7.33. The molecule has 3 rings (SSSR count). The molecule has 2 aromatic rings. The van der Waals surface area contributed by atoms with Crippen molar-refractivity contribution in [3.63, 3.8) is 0 Å². The van der Waals surface area contributed by atoms with Gasteiger partial charge in [0.25, 0.3) is 5.91 Å². The first-order valence-electron chi connectivity index (χ1n) is 6.52. The fraction of sp³-hybridized carbons (Fsp3) is 0.267. The molecule has 1 aromatic heterocycles. The zero-order chi connectivity index (χ0) is 14.3. The minimum absolute atomic E-state index is 0.105. The minimum atomic E-state index is -0.275. The second-order valence-corrected chi connectivity index (χ2v) is 6.10. The predicted molar refractivity (Wildman–Crippen MR) is 79.4 cm³/mol. The maximum atomic E-state index is 13.0. The largest absolute Gasteiger partial charge is 0.390 e. The third-order valence-electron chi connectivity index (χ3n) is 3.42. The number of nitrogens with two attached hydrogens (primary N) is 1. The van der Waals surface area contributed by atoms with Crippen molar-refractivity contribution in [2.24, 2.45) is 0 Å². The standard InChI is InChI=1S/C15H15FN2OS/c1-8-12(15(19)18-11-6-7-11)14(17)20-13(8)9-2-4-10(16)5-3-9/h2-5,11H,6-7,17H2,1H3,(H,18,19). The van der Waals surface area contributed by atoms with Crippen LogP contribution < -0.4 is 11.1 Å². The summed E-state index contributed by atoms with van der Waals surface area (Å²) in [5.74, 6) is -0.380. The fourth-order valence-corrected chi connectivity index (χ4v) is 3.26. The molecule has 3 N–H and O–H groups in total. The van der Waals surface area contributed by atoms with Gasteiger partial charge in [0.05, 0.1) is 10.6 Å². The molecule has 1 aliphatic carbocycles. The van der Waals surface area contributed by atoms with Crippen LogP contribution in [0, 0.1) is 12.7 Å². The normalized spacial score (nSPS) is 14.3. The van der Waals surface area contributed by atoms with Gasteiger partial charge >= 0.3 is 0 Å². The van der Waals surface area contributed by atoms with E-state index >= 15 is 0 Å². The Morgan fingerprint density at radius 3 is 2.60 bits per heavy atom. The summed E-state index contributed by atoms with van der Waals surface area (Å²) in [5, 5.41) is 3.47. The number of nitrogens with one attached hydrogen (secondary N) is 1. The number of rotatable bonds is 3. The number of hydrogen-bond donors (Lipinski definition) is 2. The van der Waals surface area contributed by atoms with Crippen molar-refractivity contribution >= 4 is 22.2 Å². The number of halogens is 1. The van der Waals surface area contributed by atoms with E-state index in [1.54, 1.807) is 12.1 Å². The van der Waals surface area contributed by atoms with Gasteiger partial charge in [-0.25, -0.2) is 4.39 Å². The zero-order valence-electron chi connectivity index (χ0n) is 11.1. The second kappa shape index (κ2) is 4.90. The summed E-state index contributed by atoms with van der Waals surface area (Å²) < 4.78 is 13.0. The van der Waals surface area contributed by atoms with Crippen molar-refractivity contribution in [1.82, 2.24) is 5.32 Å². The number of amides is 1. The SMILES string of the molecule is Cc1c(-c2ccc(F)cc2)sc(N)c1C(=O)NC1CC1. The van der Waals surface area contributed by atoms with E-state index in [9.17, 15) is 9.18 Å². The fourth-order valence-electron chi connectivity index (χ4n) is 2.18. The lowest BCUT2D eigenvalue weighted by Gasteiger charge is -2.04. The van der Waals surface area contributed by atoms with Crippen molar-refractivity contribution in [3.05, 3.63) is 41.2 Å². The second-order valence-electron chi connectivity index (χ2n) is 5.05. The van der Waals surface area contributed by atoms with E-state index in [1.165, 1.54) is 23.5 Å². The summed E-state index contributed by atoms with van der Waals surface area (Å²) in [7, 11) is 0. The average molecular weight is 290 g/mol. The summed E-state index contributed by atoms with van der Waals surface area (Å²) in [4.78, 5) is 13.1. The van der Waals surface area contributed by atoms with Crippen LogP contribution in [-0.2, 0) is 0 Å². The van der Waals surface area contributed by atoms with Crippen LogP contribution in [0.3, 0.4) is 0 Å². The van der Waals surface area contributed by atoms with Crippen LogP contribution in [0.15, 0.2) is 24.3 Å². The highest BCUT2D eigenvalue weighted by molar-refractivity contribution is 7.19. The third kappa shape index (κ3) is 2.41. The van der Waals surface area contributed by atoms with Crippen LogP contribution in [0.4, 0.5) is 9.39 Å². The minimum Gasteiger partial charge on any atom is -0.390 e. The van der Waals surface area contributed by atoms with Crippen molar-refractivity contribution in [2.75, 3.05) is 5.73 Å². The lowest BCUT2D eigenvalue weighted by molar-refractivity contribution is 0.0952. The lowest BCUT2D eigenvalue weighted by atomic mass is 10.1. The zero-order valence-corrected chi connectivity index (χ0v) is 11.9. The molecule has 0 unspecified atom stereocenters. The molecule has 1 aliphatic rings. The molecule has 1 amide bonds. The van der Waals surface area contributed by atoms with E-state index < -0.39 is 0 Å². The molecule has 1 heterocycles. The maximum absolute atomic E-state index is 13.0. The molecule has 104 valence electrons. The van der Waals surface area contributed by atoms with Crippen molar-refractivity contribution in [3.8, 4) is 10.4 Å². The smallest absolute Gasteiger partial charge is 0.254 e. The molecule has 5 heteroatoms. The molecule has 1 saturated carbocycles. The summed E-state index contributed by atoms with van der Waals surface area (Å²) in [5.41, 5.74) is 8.29. The van der Waals surface area contributed by atoms with Gasteiger partial charge in [-0.3, -0.25) is 4.79 Å². The molecule has 0 saturated heterocycles. The molecule has 1 fully saturated rings. The van der Waals surface area contributed by atoms with Gasteiger partial charge in [-0.2, -0.15) is 0 Å². The summed E-state index contributed by atoms with van der Waals surface area (Å²) in [6, 6.07) is 6.53. The van der Waals surface area contributed by atoms with Gasteiger partial charge < -0.3 is 11.1 Å². The summed E-state index contributed by atoms with van der Waals surface area (Å²) >= 11 is 1.37. The van der Waals surface area contributed by atoms with E-state index in [0.717, 1.165) is 28.8 Å². The Morgan fingerprint density at radius 1 is 1.35 bits per heavy atom. The number of benzene rings is 1. The van der Waals surface area contributed by atoms with Gasteiger partial charge in [0.2, 0.25) is 0 Å². The highest BCUT2D eigenvalue weighted by atomic mass is 32.1. The number of carbonyl (C=O) groups is 1. The number of hydrogen-bond acceptors (Lipinski definition) is 3. The van der Waals surface area contributed by atoms with Crippen LogP contribution in [0.5, 0.6) is 0 Å².